The van der Waals surface area contributed by atoms with Crippen molar-refractivity contribution in [1.82, 2.24) is 4.90 Å². The van der Waals surface area contributed by atoms with Crippen molar-refractivity contribution < 1.29 is 4.74 Å². The molecule has 0 saturated carbocycles. The molecule has 1 aromatic rings. The minimum absolute atomic E-state index is 0.0464. The molecule has 0 aliphatic rings. The van der Waals surface area contributed by atoms with E-state index in [1.807, 2.05) is 12.1 Å². The lowest BCUT2D eigenvalue weighted by Gasteiger charge is -2.21. The maximum atomic E-state index is 6.43. The van der Waals surface area contributed by atoms with Crippen molar-refractivity contribution in [2.75, 3.05) is 26.2 Å². The molecule has 0 heterocycles. The lowest BCUT2D eigenvalue weighted by molar-refractivity contribution is 0.303. The fourth-order valence-corrected chi connectivity index (χ4v) is 2.15. The van der Waals surface area contributed by atoms with Crippen molar-refractivity contribution in [2.45, 2.75) is 32.6 Å². The smallest absolute Gasteiger partial charge is 0.119 e. The zero-order chi connectivity index (χ0) is 13.4. The van der Waals surface area contributed by atoms with Gasteiger partial charge in [0.15, 0.2) is 0 Å². The number of nitrogens with zero attached hydrogens (tertiary/aromatic N) is 1. The molecular formula is C15H24ClNO. The van der Waals surface area contributed by atoms with E-state index in [4.69, 9.17) is 16.3 Å². The van der Waals surface area contributed by atoms with Crippen LogP contribution in [0.1, 0.15) is 38.1 Å². The average Bonchev–Trinajstić information content (AvgIpc) is 2.42. The average molecular weight is 270 g/mol. The Labute approximate surface area is 116 Å². The second-order valence-corrected chi connectivity index (χ2v) is 4.90. The van der Waals surface area contributed by atoms with Crippen LogP contribution in [-0.2, 0) is 0 Å². The Bertz CT molecular complexity index is 322. The molecule has 0 bridgehead atoms. The highest BCUT2D eigenvalue weighted by Crippen LogP contribution is 2.24. The van der Waals surface area contributed by atoms with Crippen LogP contribution < -0.4 is 4.74 Å². The van der Waals surface area contributed by atoms with Gasteiger partial charge in [-0.15, -0.1) is 11.6 Å². The van der Waals surface area contributed by atoms with Crippen LogP contribution in [0.25, 0.3) is 0 Å². The van der Waals surface area contributed by atoms with E-state index in [0.717, 1.165) is 44.0 Å². The zero-order valence-electron chi connectivity index (χ0n) is 11.7. The summed E-state index contributed by atoms with van der Waals surface area (Å²) in [6, 6.07) is 8.13. The largest absolute Gasteiger partial charge is 0.494 e. The predicted molar refractivity (Wildman–Crippen MR) is 78.6 cm³/mol. The van der Waals surface area contributed by atoms with Crippen molar-refractivity contribution >= 4 is 11.6 Å². The number of rotatable bonds is 8. The molecule has 1 aromatic carbocycles. The highest BCUT2D eigenvalue weighted by molar-refractivity contribution is 6.21. The fraction of sp³-hybridized carbons (Fsp3) is 0.600. The summed E-state index contributed by atoms with van der Waals surface area (Å²) in [5.41, 5.74) is 1.16. The molecule has 2 nitrogen and oxygen atoms in total. The van der Waals surface area contributed by atoms with Crippen LogP contribution in [-0.4, -0.2) is 31.1 Å². The minimum atomic E-state index is 0.0464. The number of likely N-dealkylation sites (N-methyl/N-ethyl adjacent to an activating group) is 1. The lowest BCUT2D eigenvalue weighted by atomic mass is 10.1. The molecule has 0 fully saturated rings. The Morgan fingerprint density at radius 1 is 1.11 bits per heavy atom. The molecule has 102 valence electrons. The number of benzene rings is 1. The first-order chi connectivity index (χ1) is 8.71. The van der Waals surface area contributed by atoms with E-state index in [2.05, 4.69) is 37.8 Å². The molecule has 0 aliphatic heterocycles. The second kappa shape index (κ2) is 8.39. The molecule has 0 N–H and O–H groups in total. The summed E-state index contributed by atoms with van der Waals surface area (Å²) in [4.78, 5) is 2.33. The van der Waals surface area contributed by atoms with Gasteiger partial charge in [-0.25, -0.2) is 0 Å². The molecule has 1 rings (SSSR count). The molecule has 0 radical (unpaired) electrons. The van der Waals surface area contributed by atoms with Crippen molar-refractivity contribution in [3.8, 4) is 5.75 Å². The zero-order valence-corrected chi connectivity index (χ0v) is 12.4. The van der Waals surface area contributed by atoms with Crippen LogP contribution in [0.3, 0.4) is 0 Å². The number of ether oxygens (including phenoxy) is 1. The third-order valence-corrected chi connectivity index (χ3v) is 3.42. The summed E-state index contributed by atoms with van der Waals surface area (Å²) >= 11 is 6.43. The first-order valence-electron chi connectivity index (χ1n) is 6.80. The SMILES string of the molecule is CCCOc1ccc(C(Cl)CN(CC)CC)cc1. The van der Waals surface area contributed by atoms with Gasteiger partial charge in [-0.2, -0.15) is 0 Å². The maximum absolute atomic E-state index is 6.43. The maximum Gasteiger partial charge on any atom is 0.119 e. The molecule has 0 saturated heterocycles. The van der Waals surface area contributed by atoms with Gasteiger partial charge in [-0.1, -0.05) is 32.9 Å². The van der Waals surface area contributed by atoms with Crippen LogP contribution >= 0.6 is 11.6 Å². The molecular weight excluding hydrogens is 246 g/mol. The molecule has 0 aromatic heterocycles. The second-order valence-electron chi connectivity index (χ2n) is 4.37. The van der Waals surface area contributed by atoms with Crippen LogP contribution in [0.15, 0.2) is 24.3 Å². The standard InChI is InChI=1S/C15H24ClNO/c1-4-11-18-14-9-7-13(8-10-14)15(16)12-17(5-2)6-3/h7-10,15H,4-6,11-12H2,1-3H3. The number of halogens is 1. The van der Waals surface area contributed by atoms with Crippen molar-refractivity contribution in [3.05, 3.63) is 29.8 Å². The number of alkyl halides is 1. The highest BCUT2D eigenvalue weighted by Gasteiger charge is 2.11. The normalized spacial score (nSPS) is 12.7. The molecule has 0 spiro atoms. The Kier molecular flexibility index (Phi) is 7.14. The first kappa shape index (κ1) is 15.3. The highest BCUT2D eigenvalue weighted by atomic mass is 35.5. The van der Waals surface area contributed by atoms with Crippen molar-refractivity contribution in [3.63, 3.8) is 0 Å². The van der Waals surface area contributed by atoms with Gasteiger partial charge in [-0.05, 0) is 37.2 Å². The lowest BCUT2D eigenvalue weighted by Crippen LogP contribution is -2.26. The van der Waals surface area contributed by atoms with E-state index in [-0.39, 0.29) is 5.38 Å². The quantitative estimate of drug-likeness (QED) is 0.659. The van der Waals surface area contributed by atoms with Gasteiger partial charge in [0.2, 0.25) is 0 Å². The monoisotopic (exact) mass is 269 g/mol. The van der Waals surface area contributed by atoms with E-state index >= 15 is 0 Å². The van der Waals surface area contributed by atoms with E-state index in [9.17, 15) is 0 Å². The van der Waals surface area contributed by atoms with E-state index in [1.54, 1.807) is 0 Å². The van der Waals surface area contributed by atoms with Gasteiger partial charge in [0.25, 0.3) is 0 Å². The molecule has 1 atom stereocenters. The van der Waals surface area contributed by atoms with Gasteiger partial charge in [0, 0.05) is 6.54 Å². The van der Waals surface area contributed by atoms with Crippen molar-refractivity contribution in [2.24, 2.45) is 0 Å². The van der Waals surface area contributed by atoms with Crippen molar-refractivity contribution in [1.29, 1.82) is 0 Å². The summed E-state index contributed by atoms with van der Waals surface area (Å²) in [7, 11) is 0. The Morgan fingerprint density at radius 3 is 2.22 bits per heavy atom. The summed E-state index contributed by atoms with van der Waals surface area (Å²) in [6.45, 7) is 10.2. The Hall–Kier alpha value is -0.730. The van der Waals surface area contributed by atoms with Crippen LogP contribution in [0.5, 0.6) is 5.75 Å². The van der Waals surface area contributed by atoms with Crippen LogP contribution in [0.2, 0.25) is 0 Å². The summed E-state index contributed by atoms with van der Waals surface area (Å²) in [5, 5.41) is 0.0464. The van der Waals surface area contributed by atoms with Crippen LogP contribution in [0.4, 0.5) is 0 Å². The first-order valence-corrected chi connectivity index (χ1v) is 7.24. The molecule has 18 heavy (non-hydrogen) atoms. The van der Waals surface area contributed by atoms with Gasteiger partial charge >= 0.3 is 0 Å². The van der Waals surface area contributed by atoms with Gasteiger partial charge < -0.3 is 9.64 Å². The Morgan fingerprint density at radius 2 is 1.72 bits per heavy atom. The molecule has 1 unspecified atom stereocenters. The minimum Gasteiger partial charge on any atom is -0.494 e. The third kappa shape index (κ3) is 4.87. The fourth-order valence-electron chi connectivity index (χ4n) is 1.81. The summed E-state index contributed by atoms with van der Waals surface area (Å²) < 4.78 is 5.56. The topological polar surface area (TPSA) is 12.5 Å². The molecule has 0 amide bonds. The summed E-state index contributed by atoms with van der Waals surface area (Å²) in [6.07, 6.45) is 1.03. The van der Waals surface area contributed by atoms with Crippen LogP contribution in [0, 0.1) is 0 Å². The predicted octanol–water partition coefficient (Wildman–Crippen LogP) is 4.10. The van der Waals surface area contributed by atoms with E-state index in [1.165, 1.54) is 0 Å². The molecule has 3 heteroatoms. The van der Waals surface area contributed by atoms with E-state index < -0.39 is 0 Å². The van der Waals surface area contributed by atoms with Gasteiger partial charge in [-0.3, -0.25) is 0 Å². The Balaban J connectivity index is 2.55. The number of hydrogen-bond donors (Lipinski definition) is 0. The summed E-state index contributed by atoms with van der Waals surface area (Å²) in [5.74, 6) is 0.923. The number of hydrogen-bond acceptors (Lipinski definition) is 2. The molecule has 0 aliphatic carbocycles. The third-order valence-electron chi connectivity index (χ3n) is 3.03. The van der Waals surface area contributed by atoms with Gasteiger partial charge in [0.1, 0.15) is 5.75 Å². The van der Waals surface area contributed by atoms with Gasteiger partial charge in [0.05, 0.1) is 12.0 Å². The van der Waals surface area contributed by atoms with E-state index in [0.29, 0.717) is 0 Å².